The molecule has 1 N–H and O–H groups in total. The molecule has 0 bridgehead atoms. The molecule has 2 fully saturated rings. The van der Waals surface area contributed by atoms with Gasteiger partial charge in [-0.25, -0.2) is 19.7 Å². The first-order valence-corrected chi connectivity index (χ1v) is 13.2. The summed E-state index contributed by atoms with van der Waals surface area (Å²) in [5.41, 5.74) is 1.60. The van der Waals surface area contributed by atoms with Crippen LogP contribution in [0.5, 0.6) is 0 Å². The molecular weight excluding hydrogens is 529 g/mol. The molecule has 0 atom stereocenters. The van der Waals surface area contributed by atoms with Gasteiger partial charge in [0.05, 0.1) is 32.4 Å². The number of nitrogens with one attached hydrogen (secondary N) is 1. The first-order chi connectivity index (χ1) is 17.5. The first-order valence-electron chi connectivity index (χ1n) is 11.5. The molecule has 0 aromatic carbocycles. The van der Waals surface area contributed by atoms with Crippen molar-refractivity contribution in [2.45, 2.75) is 38.4 Å². The molecule has 2 amide bonds. The molecule has 2 aliphatic rings. The summed E-state index contributed by atoms with van der Waals surface area (Å²) in [7, 11) is 0. The van der Waals surface area contributed by atoms with Gasteiger partial charge in [0.25, 0.3) is 5.91 Å². The number of carbonyl (C=O) groups excluding carboxylic acids is 2. The van der Waals surface area contributed by atoms with Crippen molar-refractivity contribution in [2.75, 3.05) is 31.6 Å². The van der Waals surface area contributed by atoms with Crippen LogP contribution in [0.2, 0.25) is 0 Å². The number of ether oxygens (including phenoxy) is 1. The van der Waals surface area contributed by atoms with Crippen LogP contribution in [-0.4, -0.2) is 74.7 Å². The van der Waals surface area contributed by atoms with Crippen molar-refractivity contribution in [1.82, 2.24) is 24.8 Å². The maximum atomic E-state index is 13.2. The van der Waals surface area contributed by atoms with Crippen LogP contribution in [0.25, 0.3) is 10.6 Å². The van der Waals surface area contributed by atoms with Gasteiger partial charge >= 0.3 is 12.3 Å². The number of halogens is 3. The molecule has 1 spiro atoms. The van der Waals surface area contributed by atoms with Crippen LogP contribution < -0.4 is 5.32 Å². The van der Waals surface area contributed by atoms with E-state index in [-0.39, 0.29) is 25.5 Å². The molecule has 9 nitrogen and oxygen atoms in total. The molecule has 3 aromatic rings. The summed E-state index contributed by atoms with van der Waals surface area (Å²) in [4.78, 5) is 42.7. The number of aryl methyl sites for hydroxylation is 2. The largest absolute Gasteiger partial charge is 0.440 e. The highest BCUT2D eigenvalue weighted by molar-refractivity contribution is 7.16. The van der Waals surface area contributed by atoms with E-state index in [4.69, 9.17) is 0 Å². The van der Waals surface area contributed by atoms with Crippen LogP contribution in [0, 0.1) is 13.8 Å². The van der Waals surface area contributed by atoms with Gasteiger partial charge in [-0.1, -0.05) is 0 Å². The quantitative estimate of drug-likeness (QED) is 0.475. The third-order valence-corrected chi connectivity index (χ3v) is 8.08. The van der Waals surface area contributed by atoms with E-state index >= 15 is 0 Å². The summed E-state index contributed by atoms with van der Waals surface area (Å²) in [6.45, 7) is 2.73. The number of anilines is 2. The summed E-state index contributed by atoms with van der Waals surface area (Å²) in [6.07, 6.45) is -2.78. The topological polar surface area (TPSA) is 101 Å². The molecule has 0 unspecified atom stereocenters. The Balaban J connectivity index is 1.20. The maximum absolute atomic E-state index is 13.2. The van der Waals surface area contributed by atoms with Crippen LogP contribution >= 0.6 is 22.7 Å². The Kier molecular flexibility index (Phi) is 6.56. The van der Waals surface area contributed by atoms with Crippen LogP contribution in [0.3, 0.4) is 0 Å². The predicted molar refractivity (Wildman–Crippen MR) is 132 cm³/mol. The number of hydrogen-bond acceptors (Lipinski definition) is 9. The SMILES string of the molecule is Cc1nc(C)c(-c2csc(Nc3ccc(C(=O)N4CCN(C(=O)OCC(F)(F)F)CC45CC5)cn3)n2)s1. The maximum Gasteiger partial charge on any atom is 0.422 e. The van der Waals surface area contributed by atoms with E-state index in [0.717, 1.165) is 21.3 Å². The molecule has 37 heavy (non-hydrogen) atoms. The second-order valence-electron chi connectivity index (χ2n) is 9.01. The fourth-order valence-electron chi connectivity index (χ4n) is 4.32. The molecule has 1 aliphatic heterocycles. The minimum atomic E-state index is -4.58. The third kappa shape index (κ3) is 5.54. The van der Waals surface area contributed by atoms with Crippen molar-refractivity contribution in [3.05, 3.63) is 40.0 Å². The smallest absolute Gasteiger partial charge is 0.422 e. The Morgan fingerprint density at radius 3 is 2.59 bits per heavy atom. The Hall–Kier alpha value is -3.26. The summed E-state index contributed by atoms with van der Waals surface area (Å²) < 4.78 is 41.5. The van der Waals surface area contributed by atoms with E-state index < -0.39 is 24.4 Å². The van der Waals surface area contributed by atoms with Crippen molar-refractivity contribution in [1.29, 1.82) is 0 Å². The van der Waals surface area contributed by atoms with Gasteiger partial charge in [-0.3, -0.25) is 4.79 Å². The van der Waals surface area contributed by atoms with Crippen LogP contribution in [0.15, 0.2) is 23.7 Å². The van der Waals surface area contributed by atoms with Crippen molar-refractivity contribution >= 4 is 45.6 Å². The van der Waals surface area contributed by atoms with Crippen LogP contribution in [-0.2, 0) is 4.74 Å². The fraction of sp³-hybridized carbons (Fsp3) is 0.435. The Morgan fingerprint density at radius 1 is 1.19 bits per heavy atom. The molecule has 5 rings (SSSR count). The second kappa shape index (κ2) is 9.56. The molecule has 3 aromatic heterocycles. The van der Waals surface area contributed by atoms with E-state index in [1.54, 1.807) is 28.4 Å². The van der Waals surface area contributed by atoms with E-state index in [1.165, 1.54) is 22.4 Å². The van der Waals surface area contributed by atoms with Gasteiger partial charge in [-0.05, 0) is 38.8 Å². The van der Waals surface area contributed by atoms with Crippen molar-refractivity contribution in [3.8, 4) is 10.6 Å². The minimum absolute atomic E-state index is 0.0996. The highest BCUT2D eigenvalue weighted by Crippen LogP contribution is 2.45. The molecular formula is C23H23F3N6O3S2. The number of hydrogen-bond donors (Lipinski definition) is 1. The third-order valence-electron chi connectivity index (χ3n) is 6.23. The summed E-state index contributed by atoms with van der Waals surface area (Å²) >= 11 is 3.03. The number of alkyl halides is 3. The van der Waals surface area contributed by atoms with Gasteiger partial charge in [0.15, 0.2) is 11.7 Å². The van der Waals surface area contributed by atoms with Gasteiger partial charge < -0.3 is 19.9 Å². The Labute approximate surface area is 218 Å². The molecule has 0 radical (unpaired) electrons. The van der Waals surface area contributed by atoms with E-state index in [0.29, 0.717) is 29.4 Å². The van der Waals surface area contributed by atoms with E-state index in [2.05, 4.69) is 25.0 Å². The predicted octanol–water partition coefficient (Wildman–Crippen LogP) is 5.01. The molecule has 14 heteroatoms. The first kappa shape index (κ1) is 25.4. The molecule has 1 aliphatic carbocycles. The summed E-state index contributed by atoms with van der Waals surface area (Å²) in [5.74, 6) is 0.306. The van der Waals surface area contributed by atoms with Crippen molar-refractivity contribution in [3.63, 3.8) is 0 Å². The average molecular weight is 553 g/mol. The number of nitrogens with zero attached hydrogens (tertiary/aromatic N) is 5. The van der Waals surface area contributed by atoms with E-state index in [1.807, 2.05) is 19.2 Å². The van der Waals surface area contributed by atoms with Gasteiger partial charge in [0, 0.05) is 31.2 Å². The number of thiazole rings is 2. The highest BCUT2D eigenvalue weighted by atomic mass is 32.1. The van der Waals surface area contributed by atoms with Gasteiger partial charge in [0.1, 0.15) is 5.82 Å². The van der Waals surface area contributed by atoms with Crippen LogP contribution in [0.1, 0.15) is 33.9 Å². The van der Waals surface area contributed by atoms with Crippen molar-refractivity contribution < 1.29 is 27.5 Å². The highest BCUT2D eigenvalue weighted by Gasteiger charge is 2.54. The lowest BCUT2D eigenvalue weighted by Gasteiger charge is -2.41. The number of aromatic nitrogens is 3. The normalized spacial score (nSPS) is 16.7. The van der Waals surface area contributed by atoms with E-state index in [9.17, 15) is 22.8 Å². The molecule has 4 heterocycles. The fourth-order valence-corrected chi connectivity index (χ4v) is 5.99. The van der Waals surface area contributed by atoms with Crippen LogP contribution in [0.4, 0.5) is 28.9 Å². The minimum Gasteiger partial charge on any atom is -0.440 e. The number of rotatable bonds is 5. The Bertz CT molecular complexity index is 1320. The summed E-state index contributed by atoms with van der Waals surface area (Å²) in [5, 5.41) is 6.75. The zero-order valence-corrected chi connectivity index (χ0v) is 21.6. The van der Waals surface area contributed by atoms with Gasteiger partial charge in [-0.2, -0.15) is 13.2 Å². The summed E-state index contributed by atoms with van der Waals surface area (Å²) in [6, 6.07) is 3.36. The zero-order valence-electron chi connectivity index (χ0n) is 20.0. The molecule has 1 saturated carbocycles. The average Bonchev–Trinajstić information content (AvgIpc) is 3.29. The zero-order chi connectivity index (χ0) is 26.4. The van der Waals surface area contributed by atoms with Gasteiger partial charge in [0.2, 0.25) is 0 Å². The molecule has 196 valence electrons. The number of piperazine rings is 1. The molecule has 1 saturated heterocycles. The Morgan fingerprint density at radius 2 is 1.97 bits per heavy atom. The van der Waals surface area contributed by atoms with Gasteiger partial charge in [-0.15, -0.1) is 22.7 Å². The lowest BCUT2D eigenvalue weighted by molar-refractivity contribution is -0.162. The number of amides is 2. The monoisotopic (exact) mass is 552 g/mol. The lowest BCUT2D eigenvalue weighted by Crippen LogP contribution is -2.58. The second-order valence-corrected chi connectivity index (χ2v) is 11.1. The lowest BCUT2D eigenvalue weighted by atomic mass is 10.1. The number of carbonyl (C=O) groups is 2. The number of pyridine rings is 1. The van der Waals surface area contributed by atoms with Crippen molar-refractivity contribution in [2.24, 2.45) is 0 Å². The standard InChI is InChI=1S/C23H23F3N6O3S2/c1-13-18(37-14(2)28-13)16-10-36-20(29-16)30-17-4-3-15(9-27-17)19(33)32-8-7-31(11-22(32)5-6-22)21(34)35-12-23(24,25)26/h3-4,9-10H,5-8,11-12H2,1-2H3,(H,27,29,30).